The summed E-state index contributed by atoms with van der Waals surface area (Å²) in [5.74, 6) is -0.697. The van der Waals surface area contributed by atoms with Crippen LogP contribution in [0.5, 0.6) is 5.75 Å². The monoisotopic (exact) mass is 459 g/mol. The fraction of sp³-hybridized carbons (Fsp3) is 0.391. The third-order valence-electron chi connectivity index (χ3n) is 5.58. The molecule has 1 aliphatic rings. The molecule has 0 spiro atoms. The summed E-state index contributed by atoms with van der Waals surface area (Å²) in [6, 6.07) is 11.9. The SMILES string of the molecule is CCN(CC)S(=O)(=O)c1ccc(OC)c(NC(=O)C2CC(=O)N(c3cccc(C)c3)C2)c1. The number of carbonyl (C=O) groups excluding carboxylic acids is 2. The fourth-order valence-corrected chi connectivity index (χ4v) is 5.31. The summed E-state index contributed by atoms with van der Waals surface area (Å²) in [6.45, 7) is 6.42. The number of ether oxygens (including phenoxy) is 1. The van der Waals surface area contributed by atoms with Gasteiger partial charge in [0.2, 0.25) is 21.8 Å². The predicted molar refractivity (Wildman–Crippen MR) is 123 cm³/mol. The molecule has 1 aliphatic heterocycles. The molecular formula is C23H29N3O5S. The van der Waals surface area contributed by atoms with E-state index in [0.717, 1.165) is 11.3 Å². The van der Waals surface area contributed by atoms with E-state index in [1.165, 1.54) is 29.6 Å². The van der Waals surface area contributed by atoms with Crippen LogP contribution < -0.4 is 15.0 Å². The second kappa shape index (κ2) is 9.70. The van der Waals surface area contributed by atoms with Gasteiger partial charge in [-0.15, -0.1) is 0 Å². The van der Waals surface area contributed by atoms with Crippen LogP contribution in [0.3, 0.4) is 0 Å². The molecule has 2 amide bonds. The fourth-order valence-electron chi connectivity index (χ4n) is 3.82. The Morgan fingerprint density at radius 1 is 1.19 bits per heavy atom. The number of benzene rings is 2. The molecule has 0 saturated carbocycles. The molecule has 1 atom stereocenters. The lowest BCUT2D eigenvalue weighted by molar-refractivity contribution is -0.122. The van der Waals surface area contributed by atoms with Gasteiger partial charge in [0, 0.05) is 31.7 Å². The molecule has 1 fully saturated rings. The molecule has 172 valence electrons. The minimum Gasteiger partial charge on any atom is -0.495 e. The molecule has 1 heterocycles. The first-order valence-corrected chi connectivity index (χ1v) is 12.0. The highest BCUT2D eigenvalue weighted by Gasteiger charge is 2.35. The van der Waals surface area contributed by atoms with E-state index in [1.54, 1.807) is 18.7 Å². The summed E-state index contributed by atoms with van der Waals surface area (Å²) in [5, 5.41) is 2.77. The van der Waals surface area contributed by atoms with Crippen LogP contribution in [0.15, 0.2) is 47.4 Å². The van der Waals surface area contributed by atoms with E-state index in [1.807, 2.05) is 31.2 Å². The Hall–Kier alpha value is -2.91. The van der Waals surface area contributed by atoms with E-state index < -0.39 is 15.9 Å². The lowest BCUT2D eigenvalue weighted by Crippen LogP contribution is -2.31. The van der Waals surface area contributed by atoms with Crippen molar-refractivity contribution in [1.82, 2.24) is 4.31 Å². The van der Waals surface area contributed by atoms with Crippen LogP contribution in [0.4, 0.5) is 11.4 Å². The van der Waals surface area contributed by atoms with Gasteiger partial charge < -0.3 is 15.0 Å². The molecule has 1 unspecified atom stereocenters. The van der Waals surface area contributed by atoms with Crippen molar-refractivity contribution in [2.75, 3.05) is 37.0 Å². The number of nitrogens with one attached hydrogen (secondary N) is 1. The summed E-state index contributed by atoms with van der Waals surface area (Å²) in [5.41, 5.74) is 2.04. The van der Waals surface area contributed by atoms with Gasteiger partial charge in [0.25, 0.3) is 0 Å². The van der Waals surface area contributed by atoms with Crippen LogP contribution in [0.25, 0.3) is 0 Å². The number of methoxy groups -OCH3 is 1. The van der Waals surface area contributed by atoms with E-state index >= 15 is 0 Å². The quantitative estimate of drug-likeness (QED) is 0.655. The molecule has 2 aromatic carbocycles. The Morgan fingerprint density at radius 3 is 2.53 bits per heavy atom. The molecule has 3 rings (SSSR count). The first kappa shape index (κ1) is 23.7. The number of rotatable bonds is 8. The van der Waals surface area contributed by atoms with Crippen molar-refractivity contribution in [2.45, 2.75) is 32.1 Å². The normalized spacial score (nSPS) is 16.5. The number of hydrogen-bond donors (Lipinski definition) is 1. The predicted octanol–water partition coefficient (Wildman–Crippen LogP) is 3.03. The van der Waals surface area contributed by atoms with Crippen molar-refractivity contribution in [3.05, 3.63) is 48.0 Å². The van der Waals surface area contributed by atoms with Crippen molar-refractivity contribution in [2.24, 2.45) is 5.92 Å². The summed E-state index contributed by atoms with van der Waals surface area (Å²) in [6.07, 6.45) is 0.0829. The minimum absolute atomic E-state index is 0.0705. The Bertz CT molecular complexity index is 1110. The Balaban J connectivity index is 1.82. The molecule has 8 nitrogen and oxygen atoms in total. The largest absolute Gasteiger partial charge is 0.495 e. The van der Waals surface area contributed by atoms with E-state index in [0.29, 0.717) is 18.8 Å². The molecule has 2 aromatic rings. The summed E-state index contributed by atoms with van der Waals surface area (Å²) >= 11 is 0. The van der Waals surface area contributed by atoms with Crippen molar-refractivity contribution >= 4 is 33.2 Å². The van der Waals surface area contributed by atoms with Crippen LogP contribution in [0.1, 0.15) is 25.8 Å². The van der Waals surface area contributed by atoms with Gasteiger partial charge >= 0.3 is 0 Å². The van der Waals surface area contributed by atoms with Gasteiger partial charge in [0.15, 0.2) is 0 Å². The Kier molecular flexibility index (Phi) is 7.20. The molecule has 9 heteroatoms. The van der Waals surface area contributed by atoms with Crippen LogP contribution in [-0.2, 0) is 19.6 Å². The maximum atomic E-state index is 13.0. The van der Waals surface area contributed by atoms with Gasteiger partial charge in [-0.3, -0.25) is 9.59 Å². The lowest BCUT2D eigenvalue weighted by Gasteiger charge is -2.20. The zero-order chi connectivity index (χ0) is 23.5. The van der Waals surface area contributed by atoms with E-state index in [9.17, 15) is 18.0 Å². The topological polar surface area (TPSA) is 96.0 Å². The van der Waals surface area contributed by atoms with Crippen LogP contribution in [0, 0.1) is 12.8 Å². The zero-order valence-electron chi connectivity index (χ0n) is 18.8. The highest BCUT2D eigenvalue weighted by atomic mass is 32.2. The van der Waals surface area contributed by atoms with Crippen molar-refractivity contribution in [3.63, 3.8) is 0 Å². The van der Waals surface area contributed by atoms with Crippen molar-refractivity contribution in [3.8, 4) is 5.75 Å². The van der Waals surface area contributed by atoms with Crippen LogP contribution >= 0.6 is 0 Å². The first-order valence-electron chi connectivity index (χ1n) is 10.6. The molecule has 1 saturated heterocycles. The maximum absolute atomic E-state index is 13.0. The number of hydrogen-bond acceptors (Lipinski definition) is 5. The highest BCUT2D eigenvalue weighted by Crippen LogP contribution is 2.31. The van der Waals surface area contributed by atoms with Crippen LogP contribution in [-0.4, -0.2) is 51.3 Å². The number of carbonyl (C=O) groups is 2. The summed E-state index contributed by atoms with van der Waals surface area (Å²) in [7, 11) is -2.25. The molecular weight excluding hydrogens is 430 g/mol. The standard InChI is InChI=1S/C23H29N3O5S/c1-5-25(6-2)32(29,30)19-10-11-21(31-4)20(14-19)24-23(28)17-13-22(27)26(15-17)18-9-7-8-16(3)12-18/h7-12,14,17H,5-6,13,15H2,1-4H3,(H,24,28). The number of sulfonamides is 1. The Morgan fingerprint density at radius 2 is 1.91 bits per heavy atom. The number of amides is 2. The first-order chi connectivity index (χ1) is 15.2. The zero-order valence-corrected chi connectivity index (χ0v) is 19.6. The van der Waals surface area contributed by atoms with E-state index in [4.69, 9.17) is 4.74 Å². The summed E-state index contributed by atoms with van der Waals surface area (Å²) in [4.78, 5) is 27.2. The second-order valence-corrected chi connectivity index (χ2v) is 9.62. The molecule has 0 aromatic heterocycles. The lowest BCUT2D eigenvalue weighted by atomic mass is 10.1. The molecule has 0 aliphatic carbocycles. The van der Waals surface area contributed by atoms with Crippen LogP contribution in [0.2, 0.25) is 0 Å². The smallest absolute Gasteiger partial charge is 0.243 e. The van der Waals surface area contributed by atoms with Crippen molar-refractivity contribution in [1.29, 1.82) is 0 Å². The average molecular weight is 460 g/mol. The number of anilines is 2. The Labute approximate surface area is 189 Å². The third kappa shape index (κ3) is 4.78. The van der Waals surface area contributed by atoms with Gasteiger partial charge in [-0.25, -0.2) is 8.42 Å². The van der Waals surface area contributed by atoms with Gasteiger partial charge in [0.05, 0.1) is 23.6 Å². The minimum atomic E-state index is -3.70. The highest BCUT2D eigenvalue weighted by molar-refractivity contribution is 7.89. The maximum Gasteiger partial charge on any atom is 0.243 e. The molecule has 32 heavy (non-hydrogen) atoms. The summed E-state index contributed by atoms with van der Waals surface area (Å²) < 4.78 is 32.4. The van der Waals surface area contributed by atoms with Gasteiger partial charge in [0.1, 0.15) is 5.75 Å². The number of nitrogens with zero attached hydrogens (tertiary/aromatic N) is 2. The van der Waals surface area contributed by atoms with E-state index in [-0.39, 0.29) is 35.4 Å². The molecule has 0 radical (unpaired) electrons. The number of aryl methyl sites for hydroxylation is 1. The van der Waals surface area contributed by atoms with Gasteiger partial charge in [-0.05, 0) is 42.8 Å². The second-order valence-electron chi connectivity index (χ2n) is 7.69. The van der Waals surface area contributed by atoms with Crippen molar-refractivity contribution < 1.29 is 22.7 Å². The van der Waals surface area contributed by atoms with Gasteiger partial charge in [-0.2, -0.15) is 4.31 Å². The average Bonchev–Trinajstić information content (AvgIpc) is 3.16. The third-order valence-corrected chi connectivity index (χ3v) is 7.63. The molecule has 0 bridgehead atoms. The van der Waals surface area contributed by atoms with E-state index in [2.05, 4.69) is 5.32 Å². The van der Waals surface area contributed by atoms with Gasteiger partial charge in [-0.1, -0.05) is 26.0 Å². The molecule has 1 N–H and O–H groups in total.